The molecule has 1 aliphatic carbocycles. The molecule has 0 aromatic carbocycles. The second kappa shape index (κ2) is 4.58. The van der Waals surface area contributed by atoms with Gasteiger partial charge in [-0.3, -0.25) is 0 Å². The first-order valence-corrected chi connectivity index (χ1v) is 6.83. The van der Waals surface area contributed by atoms with Gasteiger partial charge < -0.3 is 10.3 Å². The highest BCUT2D eigenvalue weighted by Crippen LogP contribution is 2.38. The van der Waals surface area contributed by atoms with Gasteiger partial charge in [0, 0.05) is 23.5 Å². The van der Waals surface area contributed by atoms with Crippen molar-refractivity contribution >= 4 is 11.8 Å². The van der Waals surface area contributed by atoms with Crippen LogP contribution in [0, 0.1) is 0 Å². The van der Waals surface area contributed by atoms with Crippen molar-refractivity contribution in [3.63, 3.8) is 0 Å². The third-order valence-electron chi connectivity index (χ3n) is 3.24. The molecule has 3 atom stereocenters. The Hall–Kier alpha value is -0.480. The average Bonchev–Trinajstić information content (AvgIpc) is 2.85. The van der Waals surface area contributed by atoms with E-state index in [0.29, 0.717) is 6.04 Å². The number of hydrogen-bond acceptors (Lipinski definition) is 3. The molecule has 0 radical (unpaired) electrons. The van der Waals surface area contributed by atoms with Gasteiger partial charge in [-0.25, -0.2) is 4.98 Å². The van der Waals surface area contributed by atoms with Gasteiger partial charge in [-0.15, -0.1) is 0 Å². The molecule has 1 saturated carbocycles. The number of hydrogen-bond donors (Lipinski definition) is 1. The SMILES string of the molecule is CSC1CCCC1n1cncc1C(C)N. The number of thioether (sulfide) groups is 1. The van der Waals surface area contributed by atoms with Gasteiger partial charge in [0.15, 0.2) is 0 Å². The Kier molecular flexibility index (Phi) is 3.36. The molecule has 3 nitrogen and oxygen atoms in total. The lowest BCUT2D eigenvalue weighted by Gasteiger charge is -2.22. The van der Waals surface area contributed by atoms with Gasteiger partial charge in [-0.1, -0.05) is 6.42 Å². The molecule has 2 N–H and O–H groups in total. The number of aromatic nitrogens is 2. The van der Waals surface area contributed by atoms with Crippen molar-refractivity contribution < 1.29 is 0 Å². The highest BCUT2D eigenvalue weighted by molar-refractivity contribution is 7.99. The minimum atomic E-state index is 0.0793. The summed E-state index contributed by atoms with van der Waals surface area (Å²) in [6, 6.07) is 0.680. The third kappa shape index (κ3) is 2.06. The fourth-order valence-electron chi connectivity index (χ4n) is 2.44. The first-order valence-electron chi connectivity index (χ1n) is 5.54. The summed E-state index contributed by atoms with van der Waals surface area (Å²) in [4.78, 5) is 4.23. The maximum Gasteiger partial charge on any atom is 0.0951 e. The van der Waals surface area contributed by atoms with Crippen LogP contribution in [0.3, 0.4) is 0 Å². The lowest BCUT2D eigenvalue weighted by Crippen LogP contribution is -2.20. The van der Waals surface area contributed by atoms with E-state index in [1.807, 2.05) is 31.2 Å². The first kappa shape index (κ1) is 11.0. The second-order valence-electron chi connectivity index (χ2n) is 4.29. The number of imidazole rings is 1. The van der Waals surface area contributed by atoms with Crippen LogP contribution in [0.1, 0.15) is 44.0 Å². The van der Waals surface area contributed by atoms with Crippen LogP contribution < -0.4 is 5.73 Å². The highest BCUT2D eigenvalue weighted by Gasteiger charge is 2.29. The minimum absolute atomic E-state index is 0.0793. The van der Waals surface area contributed by atoms with Gasteiger partial charge in [0.2, 0.25) is 0 Å². The van der Waals surface area contributed by atoms with Crippen LogP contribution in [-0.2, 0) is 0 Å². The molecule has 0 spiro atoms. The smallest absolute Gasteiger partial charge is 0.0951 e. The summed E-state index contributed by atoms with van der Waals surface area (Å²) in [6.45, 7) is 2.02. The summed E-state index contributed by atoms with van der Waals surface area (Å²) >= 11 is 1.97. The van der Waals surface area contributed by atoms with Gasteiger partial charge in [0.25, 0.3) is 0 Å². The molecule has 1 aliphatic rings. The van der Waals surface area contributed by atoms with Crippen LogP contribution in [0.25, 0.3) is 0 Å². The van der Waals surface area contributed by atoms with Crippen molar-refractivity contribution in [1.82, 2.24) is 9.55 Å². The fourth-order valence-corrected chi connectivity index (χ4v) is 3.43. The van der Waals surface area contributed by atoms with Crippen molar-refractivity contribution in [1.29, 1.82) is 0 Å². The summed E-state index contributed by atoms with van der Waals surface area (Å²) in [5, 5.41) is 0.733. The van der Waals surface area contributed by atoms with Crippen LogP contribution in [0.4, 0.5) is 0 Å². The number of rotatable bonds is 3. The van der Waals surface area contributed by atoms with E-state index in [4.69, 9.17) is 5.73 Å². The Labute approximate surface area is 95.4 Å². The molecule has 1 fully saturated rings. The van der Waals surface area contributed by atoms with E-state index in [1.54, 1.807) is 0 Å². The molecule has 1 aromatic heterocycles. The van der Waals surface area contributed by atoms with Gasteiger partial charge in [-0.05, 0) is 26.0 Å². The molecule has 0 saturated heterocycles. The standard InChI is InChI=1S/C11H19N3S/c1-8(12)10-6-13-7-14(10)9-4-3-5-11(9)15-2/h6-9,11H,3-5,12H2,1-2H3. The van der Waals surface area contributed by atoms with E-state index in [0.717, 1.165) is 5.25 Å². The monoisotopic (exact) mass is 225 g/mol. The third-order valence-corrected chi connectivity index (χ3v) is 4.40. The van der Waals surface area contributed by atoms with E-state index in [2.05, 4.69) is 15.8 Å². The molecule has 4 heteroatoms. The largest absolute Gasteiger partial charge is 0.329 e. The summed E-state index contributed by atoms with van der Waals surface area (Å²) in [5.74, 6) is 0. The average molecular weight is 225 g/mol. The Morgan fingerprint density at radius 1 is 1.60 bits per heavy atom. The Morgan fingerprint density at radius 2 is 2.40 bits per heavy atom. The van der Waals surface area contributed by atoms with Gasteiger partial charge in [0.05, 0.1) is 12.0 Å². The van der Waals surface area contributed by atoms with Crippen molar-refractivity contribution in [2.75, 3.05) is 6.26 Å². The molecule has 0 bridgehead atoms. The molecule has 3 unspecified atom stereocenters. The zero-order valence-corrected chi connectivity index (χ0v) is 10.2. The van der Waals surface area contributed by atoms with E-state index in [9.17, 15) is 0 Å². The van der Waals surface area contributed by atoms with E-state index in [1.165, 1.54) is 25.0 Å². The molecule has 0 aliphatic heterocycles. The highest BCUT2D eigenvalue weighted by atomic mass is 32.2. The van der Waals surface area contributed by atoms with Crippen LogP contribution >= 0.6 is 11.8 Å². The van der Waals surface area contributed by atoms with Crippen molar-refractivity contribution in [2.24, 2.45) is 5.73 Å². The lowest BCUT2D eigenvalue weighted by molar-refractivity contribution is 0.497. The molecule has 1 aromatic rings. The predicted molar refractivity (Wildman–Crippen MR) is 65.0 cm³/mol. The van der Waals surface area contributed by atoms with E-state index >= 15 is 0 Å². The van der Waals surface area contributed by atoms with Crippen LogP contribution in [-0.4, -0.2) is 21.1 Å². The fraction of sp³-hybridized carbons (Fsp3) is 0.727. The normalized spacial score (nSPS) is 28.2. The van der Waals surface area contributed by atoms with Crippen LogP contribution in [0.2, 0.25) is 0 Å². The molecular formula is C11H19N3S. The van der Waals surface area contributed by atoms with Crippen LogP contribution in [0.15, 0.2) is 12.5 Å². The molecular weight excluding hydrogens is 206 g/mol. The van der Waals surface area contributed by atoms with E-state index in [-0.39, 0.29) is 6.04 Å². The maximum absolute atomic E-state index is 5.95. The lowest BCUT2D eigenvalue weighted by atomic mass is 10.2. The Morgan fingerprint density at radius 3 is 3.07 bits per heavy atom. The Balaban J connectivity index is 2.24. The van der Waals surface area contributed by atoms with Crippen LogP contribution in [0.5, 0.6) is 0 Å². The van der Waals surface area contributed by atoms with Crippen molar-refractivity contribution in [3.8, 4) is 0 Å². The predicted octanol–water partition coefficient (Wildman–Crippen LogP) is 2.36. The van der Waals surface area contributed by atoms with E-state index < -0.39 is 0 Å². The zero-order valence-electron chi connectivity index (χ0n) is 9.39. The quantitative estimate of drug-likeness (QED) is 0.859. The molecule has 84 valence electrons. The molecule has 2 rings (SSSR count). The summed E-state index contributed by atoms with van der Waals surface area (Å²) in [5.41, 5.74) is 7.11. The number of nitrogens with zero attached hydrogens (tertiary/aromatic N) is 2. The summed E-state index contributed by atoms with van der Waals surface area (Å²) in [7, 11) is 0. The summed E-state index contributed by atoms with van der Waals surface area (Å²) < 4.78 is 2.29. The zero-order chi connectivity index (χ0) is 10.8. The molecule has 1 heterocycles. The van der Waals surface area contributed by atoms with Gasteiger partial charge >= 0.3 is 0 Å². The molecule has 0 amide bonds. The van der Waals surface area contributed by atoms with Crippen molar-refractivity contribution in [3.05, 3.63) is 18.2 Å². The Bertz CT molecular complexity index is 321. The van der Waals surface area contributed by atoms with Gasteiger partial charge in [-0.2, -0.15) is 11.8 Å². The van der Waals surface area contributed by atoms with Gasteiger partial charge in [0.1, 0.15) is 0 Å². The molecule has 15 heavy (non-hydrogen) atoms. The minimum Gasteiger partial charge on any atom is -0.329 e. The second-order valence-corrected chi connectivity index (χ2v) is 5.36. The number of nitrogens with two attached hydrogens (primary N) is 1. The summed E-state index contributed by atoms with van der Waals surface area (Å²) in [6.07, 6.45) is 9.96. The first-order chi connectivity index (χ1) is 7.24. The maximum atomic E-state index is 5.95. The topological polar surface area (TPSA) is 43.8 Å². The van der Waals surface area contributed by atoms with Crippen molar-refractivity contribution in [2.45, 2.75) is 43.5 Å².